The molecule has 0 unspecified atom stereocenters. The Morgan fingerprint density at radius 2 is 2.17 bits per heavy atom. The molecule has 0 bridgehead atoms. The van der Waals surface area contributed by atoms with Crippen LogP contribution in [0.2, 0.25) is 5.02 Å². The van der Waals surface area contributed by atoms with Gasteiger partial charge in [-0.1, -0.05) is 17.7 Å². The van der Waals surface area contributed by atoms with Crippen LogP contribution in [0, 0.1) is 0 Å². The van der Waals surface area contributed by atoms with Crippen LogP contribution in [0.3, 0.4) is 0 Å². The van der Waals surface area contributed by atoms with Crippen molar-refractivity contribution in [1.82, 2.24) is 4.72 Å². The van der Waals surface area contributed by atoms with Crippen molar-refractivity contribution in [3.8, 4) is 5.75 Å². The third-order valence-corrected chi connectivity index (χ3v) is 2.95. The third-order valence-electron chi connectivity index (χ3n) is 1.72. The van der Waals surface area contributed by atoms with E-state index in [2.05, 4.69) is 4.74 Å². The minimum Gasteiger partial charge on any atom is -0.504 e. The molecule has 0 fully saturated rings. The maximum Gasteiger partial charge on any atom is 0.422 e. The fraction of sp³-hybridized carbons (Fsp3) is 0.222. The topological polar surface area (TPSA) is 105 Å². The molecule has 0 aliphatic heterocycles. The highest BCUT2D eigenvalue weighted by Crippen LogP contribution is 2.31. The Morgan fingerprint density at radius 1 is 1.50 bits per heavy atom. The van der Waals surface area contributed by atoms with Crippen molar-refractivity contribution in [1.29, 1.82) is 0 Å². The minimum atomic E-state index is -4.19. The summed E-state index contributed by atoms with van der Waals surface area (Å²) in [6.07, 6.45) is -1.12. The second kappa shape index (κ2) is 5.78. The molecule has 1 amide bonds. The molecule has 0 saturated heterocycles. The van der Waals surface area contributed by atoms with Crippen molar-refractivity contribution < 1.29 is 23.1 Å². The fourth-order valence-corrected chi connectivity index (χ4v) is 2.00. The number of halogens is 1. The molecule has 0 heterocycles. The number of para-hydroxylation sites is 1. The number of carbonyl (C=O) groups is 1. The summed E-state index contributed by atoms with van der Waals surface area (Å²) in [7, 11) is -4.19. The number of rotatable bonds is 4. The number of amides is 1. The first-order valence-electron chi connectivity index (χ1n) is 4.80. The van der Waals surface area contributed by atoms with Crippen LogP contribution in [0.5, 0.6) is 5.75 Å². The molecule has 7 nitrogen and oxygen atoms in total. The summed E-state index contributed by atoms with van der Waals surface area (Å²) in [6.45, 7) is 1.56. The van der Waals surface area contributed by atoms with Gasteiger partial charge in [0.15, 0.2) is 5.75 Å². The van der Waals surface area contributed by atoms with Crippen molar-refractivity contribution >= 4 is 33.6 Å². The predicted octanol–water partition coefficient (Wildman–Crippen LogP) is 1.45. The van der Waals surface area contributed by atoms with Crippen LogP contribution in [0.1, 0.15) is 6.92 Å². The van der Waals surface area contributed by atoms with E-state index >= 15 is 0 Å². The summed E-state index contributed by atoms with van der Waals surface area (Å²) in [5.41, 5.74) is -0.153. The molecule has 1 aromatic carbocycles. The average Bonchev–Trinajstić information content (AvgIpc) is 2.24. The van der Waals surface area contributed by atoms with E-state index in [0.29, 0.717) is 0 Å². The van der Waals surface area contributed by atoms with Gasteiger partial charge in [0.25, 0.3) is 0 Å². The van der Waals surface area contributed by atoms with Crippen LogP contribution in [0.4, 0.5) is 10.5 Å². The van der Waals surface area contributed by atoms with Crippen LogP contribution in [-0.2, 0) is 14.9 Å². The molecule has 0 spiro atoms. The number of anilines is 1. The van der Waals surface area contributed by atoms with Gasteiger partial charge in [0, 0.05) is 0 Å². The van der Waals surface area contributed by atoms with Gasteiger partial charge in [-0.05, 0) is 19.1 Å². The van der Waals surface area contributed by atoms with Gasteiger partial charge in [0.05, 0.1) is 17.3 Å². The first-order valence-corrected chi connectivity index (χ1v) is 6.66. The molecule has 1 aromatic rings. The lowest BCUT2D eigenvalue weighted by Gasteiger charge is -2.10. The molecular formula is C9H11ClN2O5S. The Hall–Kier alpha value is -1.67. The molecular weight excluding hydrogens is 284 g/mol. The highest BCUT2D eigenvalue weighted by molar-refractivity contribution is 7.91. The number of carbonyl (C=O) groups excluding carboxylic acids is 1. The molecule has 0 atom stereocenters. The van der Waals surface area contributed by atoms with Gasteiger partial charge in [-0.2, -0.15) is 8.42 Å². The standard InChI is InChI=1S/C9H11ClN2O5S/c1-2-17-9(14)12-18(15,16)11-7-5-3-4-6(10)8(7)13/h3-5,11,13H,2H2,1H3,(H,12,14). The number of hydrogen-bond donors (Lipinski definition) is 3. The van der Waals surface area contributed by atoms with E-state index in [0.717, 1.165) is 0 Å². The van der Waals surface area contributed by atoms with Gasteiger partial charge in [-0.15, -0.1) is 0 Å². The lowest BCUT2D eigenvalue weighted by molar-refractivity contribution is 0.159. The summed E-state index contributed by atoms with van der Waals surface area (Å²) in [5.74, 6) is -0.437. The number of ether oxygens (including phenoxy) is 1. The summed E-state index contributed by atoms with van der Waals surface area (Å²) in [5, 5.41) is 9.47. The normalized spacial score (nSPS) is 10.8. The van der Waals surface area contributed by atoms with Crippen molar-refractivity contribution in [2.24, 2.45) is 0 Å². The van der Waals surface area contributed by atoms with Crippen LogP contribution < -0.4 is 9.44 Å². The van der Waals surface area contributed by atoms with Gasteiger partial charge in [-0.25, -0.2) is 9.52 Å². The molecule has 100 valence electrons. The largest absolute Gasteiger partial charge is 0.504 e. The number of phenolic OH excluding ortho intramolecular Hbond substituents is 1. The highest BCUT2D eigenvalue weighted by Gasteiger charge is 2.17. The molecule has 0 radical (unpaired) electrons. The van der Waals surface area contributed by atoms with E-state index in [1.807, 2.05) is 4.72 Å². The summed E-state index contributed by atoms with van der Waals surface area (Å²) >= 11 is 5.60. The Balaban J connectivity index is 2.83. The average molecular weight is 295 g/mol. The fourth-order valence-electron chi connectivity index (χ4n) is 1.04. The second-order valence-corrected chi connectivity index (χ2v) is 4.89. The van der Waals surface area contributed by atoms with Crippen LogP contribution >= 0.6 is 11.6 Å². The zero-order valence-electron chi connectivity index (χ0n) is 9.31. The zero-order valence-corrected chi connectivity index (χ0v) is 10.9. The summed E-state index contributed by atoms with van der Waals surface area (Å²) in [6, 6.07) is 4.10. The molecule has 0 aliphatic rings. The van der Waals surface area contributed by atoms with Crippen molar-refractivity contribution in [3.05, 3.63) is 23.2 Å². The molecule has 18 heavy (non-hydrogen) atoms. The van der Waals surface area contributed by atoms with Gasteiger partial charge in [0.1, 0.15) is 0 Å². The monoisotopic (exact) mass is 294 g/mol. The van der Waals surface area contributed by atoms with Gasteiger partial charge in [-0.3, -0.25) is 4.72 Å². The first-order chi connectivity index (χ1) is 8.35. The smallest absolute Gasteiger partial charge is 0.422 e. The first kappa shape index (κ1) is 14.4. The summed E-state index contributed by atoms with van der Waals surface area (Å²) < 4.78 is 30.9. The Bertz CT molecular complexity index is 546. The number of hydrogen-bond acceptors (Lipinski definition) is 5. The Kier molecular flexibility index (Phi) is 4.62. The molecule has 0 saturated carbocycles. The van der Waals surface area contributed by atoms with Gasteiger partial charge in [0.2, 0.25) is 0 Å². The maximum atomic E-state index is 11.5. The number of aromatic hydroxyl groups is 1. The maximum absolute atomic E-state index is 11.5. The van der Waals surface area contributed by atoms with Crippen molar-refractivity contribution in [2.45, 2.75) is 6.92 Å². The number of nitrogens with one attached hydrogen (secondary N) is 2. The van der Waals surface area contributed by atoms with Crippen LogP contribution in [0.15, 0.2) is 18.2 Å². The van der Waals surface area contributed by atoms with Crippen LogP contribution in [0.25, 0.3) is 0 Å². The van der Waals surface area contributed by atoms with Gasteiger partial charge >= 0.3 is 16.3 Å². The molecule has 3 N–H and O–H groups in total. The van der Waals surface area contributed by atoms with Crippen LogP contribution in [-0.4, -0.2) is 26.2 Å². The zero-order chi connectivity index (χ0) is 13.8. The number of benzene rings is 1. The van der Waals surface area contributed by atoms with Crippen molar-refractivity contribution in [3.63, 3.8) is 0 Å². The molecule has 9 heteroatoms. The highest BCUT2D eigenvalue weighted by atomic mass is 35.5. The summed E-state index contributed by atoms with van der Waals surface area (Å²) in [4.78, 5) is 11.0. The second-order valence-electron chi connectivity index (χ2n) is 3.06. The Morgan fingerprint density at radius 3 is 2.78 bits per heavy atom. The van der Waals surface area contributed by atoms with E-state index in [1.165, 1.54) is 25.1 Å². The van der Waals surface area contributed by atoms with Gasteiger partial charge < -0.3 is 9.84 Å². The quantitative estimate of drug-likeness (QED) is 0.729. The van der Waals surface area contributed by atoms with E-state index in [9.17, 15) is 18.3 Å². The number of phenols is 1. The lowest BCUT2D eigenvalue weighted by Crippen LogP contribution is -2.35. The van der Waals surface area contributed by atoms with E-state index < -0.39 is 22.1 Å². The molecule has 1 rings (SSSR count). The SMILES string of the molecule is CCOC(=O)NS(=O)(=O)Nc1cccc(Cl)c1O. The predicted molar refractivity (Wildman–Crippen MR) is 65.8 cm³/mol. The van der Waals surface area contributed by atoms with Crippen molar-refractivity contribution in [2.75, 3.05) is 11.3 Å². The minimum absolute atomic E-state index is 0.0219. The Labute approximate surface area is 109 Å². The van der Waals surface area contributed by atoms with E-state index in [4.69, 9.17) is 11.6 Å². The van der Waals surface area contributed by atoms with E-state index in [-0.39, 0.29) is 17.3 Å². The third kappa shape index (κ3) is 3.97. The lowest BCUT2D eigenvalue weighted by atomic mass is 10.3. The molecule has 0 aliphatic carbocycles. The van der Waals surface area contributed by atoms with E-state index in [1.54, 1.807) is 4.72 Å². The molecule has 0 aromatic heterocycles.